The molecule has 0 radical (unpaired) electrons. The number of alkyl halides is 2. The smallest absolute Gasteiger partial charge is 0.245 e. The third-order valence-corrected chi connectivity index (χ3v) is 21.6. The highest BCUT2D eigenvalue weighted by atomic mass is 35.5. The van der Waals surface area contributed by atoms with Gasteiger partial charge < -0.3 is 60.5 Å². The van der Waals surface area contributed by atoms with E-state index >= 15 is 19.2 Å². The van der Waals surface area contributed by atoms with Gasteiger partial charge in [-0.05, 0) is 145 Å². The highest BCUT2D eigenvalue weighted by Crippen LogP contribution is 2.34. The van der Waals surface area contributed by atoms with Gasteiger partial charge in [0.2, 0.25) is 70.9 Å². The normalized spacial score (nSPS) is 30.0. The lowest BCUT2D eigenvalue weighted by Crippen LogP contribution is -2.60. The van der Waals surface area contributed by atoms with Gasteiger partial charge in [0, 0.05) is 67.8 Å². The van der Waals surface area contributed by atoms with Gasteiger partial charge >= 0.3 is 0 Å². The highest BCUT2D eigenvalue weighted by molar-refractivity contribution is 6.20. The summed E-state index contributed by atoms with van der Waals surface area (Å²) in [5, 5.41) is 11.5. The van der Waals surface area contributed by atoms with Crippen molar-refractivity contribution < 1.29 is 61.9 Å². The fourth-order valence-corrected chi connectivity index (χ4v) is 14.5. The molecule has 0 spiro atoms. The van der Waals surface area contributed by atoms with E-state index in [1.165, 1.54) is 75.9 Å². The molecule has 4 N–H and O–H groups in total. The van der Waals surface area contributed by atoms with Crippen molar-refractivity contribution in [2.24, 2.45) is 35.5 Å². The first kappa shape index (κ1) is 80.5. The lowest BCUT2D eigenvalue weighted by molar-refractivity contribution is -0.151. The van der Waals surface area contributed by atoms with Gasteiger partial charge in [0.15, 0.2) is 0 Å². The number of rotatable bonds is 14. The van der Waals surface area contributed by atoms with E-state index in [0.29, 0.717) is 90.1 Å². The van der Waals surface area contributed by atoms with Gasteiger partial charge in [-0.2, -0.15) is 0 Å². The van der Waals surface area contributed by atoms with Crippen LogP contribution in [0.15, 0.2) is 0 Å². The first-order valence-corrected chi connectivity index (χ1v) is 36.2. The van der Waals surface area contributed by atoms with Crippen LogP contribution in [-0.2, 0) is 57.5 Å². The molecule has 544 valence electrons. The van der Waals surface area contributed by atoms with Crippen LogP contribution in [0.5, 0.6) is 0 Å². The van der Waals surface area contributed by atoms with E-state index in [1.807, 2.05) is 34.6 Å². The molecule has 0 unspecified atom stereocenters. The van der Waals surface area contributed by atoms with E-state index in [9.17, 15) is 42.7 Å². The Morgan fingerprint density at radius 3 is 1.62 bits per heavy atom. The molecule has 2 heterocycles. The van der Waals surface area contributed by atoms with Gasteiger partial charge in [-0.3, -0.25) is 57.5 Å². The summed E-state index contributed by atoms with van der Waals surface area (Å²) >= 11 is 6.51. The van der Waals surface area contributed by atoms with E-state index in [2.05, 4.69) is 21.3 Å². The molecule has 5 fully saturated rings. The Morgan fingerprint density at radius 1 is 0.500 bits per heavy atom. The van der Waals surface area contributed by atoms with E-state index in [-0.39, 0.29) is 67.1 Å². The van der Waals surface area contributed by atoms with Crippen LogP contribution < -0.4 is 21.3 Å². The molecule has 3 aliphatic carbocycles. The predicted molar refractivity (Wildman–Crippen MR) is 365 cm³/mol. The molecule has 5 aliphatic rings. The monoisotopic (exact) mass is 1370 g/mol. The van der Waals surface area contributed by atoms with Crippen LogP contribution in [0.25, 0.3) is 0 Å². The highest BCUT2D eigenvalue weighted by Gasteiger charge is 2.43. The Kier molecular flexibility index (Phi) is 32.1. The minimum Gasteiger partial charge on any atom is -0.343 e. The minimum absolute atomic E-state index is 0.0206. The van der Waals surface area contributed by atoms with E-state index in [0.717, 1.165) is 46.8 Å². The zero-order chi connectivity index (χ0) is 71.4. The number of nitrogens with one attached hydrogen (secondary N) is 4. The molecule has 0 aromatic carbocycles. The summed E-state index contributed by atoms with van der Waals surface area (Å²) in [7, 11) is 10.1. The van der Waals surface area contributed by atoms with Gasteiger partial charge in [-0.1, -0.05) is 80.1 Å². The quantitative estimate of drug-likeness (QED) is 0.162. The molecule has 9 atom stereocenters. The number of hydrogen-bond acceptors (Lipinski definition) is 12. The molecule has 5 rings (SSSR count). The van der Waals surface area contributed by atoms with Crippen molar-refractivity contribution >= 4 is 82.5 Å². The Labute approximate surface area is 576 Å². The molecule has 12 amide bonds. The molecule has 96 heavy (non-hydrogen) atoms. The third kappa shape index (κ3) is 23.5. The number of halogens is 2. The number of hydrogen-bond donors (Lipinski definition) is 4. The van der Waals surface area contributed by atoms with Crippen LogP contribution in [-0.4, -0.2) is 252 Å². The van der Waals surface area contributed by atoms with Gasteiger partial charge in [-0.25, -0.2) is 4.39 Å². The maximum absolute atomic E-state index is 15.5. The molecule has 2 aliphatic heterocycles. The summed E-state index contributed by atoms with van der Waals surface area (Å²) in [6.45, 7) is 11.8. The Balaban J connectivity index is 1.59. The van der Waals surface area contributed by atoms with E-state index in [1.54, 1.807) is 11.8 Å². The van der Waals surface area contributed by atoms with Crippen molar-refractivity contribution in [3.8, 4) is 0 Å². The molecule has 0 aromatic heterocycles. The Bertz CT molecular complexity index is 2660. The second-order valence-corrected chi connectivity index (χ2v) is 30.3. The van der Waals surface area contributed by atoms with Crippen molar-refractivity contribution in [1.82, 2.24) is 60.5 Å². The molecule has 0 aromatic rings. The maximum Gasteiger partial charge on any atom is 0.245 e. The van der Waals surface area contributed by atoms with E-state index in [4.69, 9.17) is 11.6 Å². The molecule has 26 heteroatoms. The van der Waals surface area contributed by atoms with Crippen LogP contribution in [0.4, 0.5) is 4.39 Å². The zero-order valence-electron chi connectivity index (χ0n) is 60.3. The standard InChI is InChI=1S/C70H118ClFN12O12/c1-15-45(6)62-70(96)79(10)41-60(87)77(8)42-61(88)81(12)56(38-49-23-28-50(71)29-24-49)68(94)78(9)40-58(85)73-52(32-27-47-25-30-51(72)31-26-47)64(90)74-53(35-43(2)3)66(92)83(14)57(37-48-21-17-16-18-22-48)69(95)82(13)55(36-44(4)5)65(91)75-54(67(93)84-33-19-20-34-84)39-59(86)80(11)46(7)63(89)76-62/h43-57,62H,15-42H2,1-14H3,(H,73,85)(H,74,90)(H,75,91)(H,76,89)/t45-,46-,47?,49?,50?,51?,52-,53-,54-,55-,56-,57-,62-/m0/s1. The van der Waals surface area contributed by atoms with Crippen molar-refractivity contribution in [1.29, 1.82) is 0 Å². The summed E-state index contributed by atoms with van der Waals surface area (Å²) < 4.78 is 14.4. The van der Waals surface area contributed by atoms with Crippen LogP contribution in [0.1, 0.15) is 196 Å². The third-order valence-electron chi connectivity index (χ3n) is 21.1. The van der Waals surface area contributed by atoms with Gasteiger partial charge in [0.1, 0.15) is 54.5 Å². The summed E-state index contributed by atoms with van der Waals surface area (Å²) in [6.07, 6.45) is 10.7. The summed E-state index contributed by atoms with van der Waals surface area (Å²) in [5.41, 5.74) is 0. The van der Waals surface area contributed by atoms with Crippen molar-refractivity contribution in [3.63, 3.8) is 0 Å². The lowest BCUT2D eigenvalue weighted by atomic mass is 9.84. The number of nitrogens with zero attached hydrogens (tertiary/aromatic N) is 8. The number of carbonyl (C=O) groups excluding carboxylic acids is 12. The number of carbonyl (C=O) groups is 12. The largest absolute Gasteiger partial charge is 0.343 e. The topological polar surface area (TPSA) is 279 Å². The second kappa shape index (κ2) is 38.3. The average Bonchev–Trinajstić information content (AvgIpc) is 1.14. The molecular formula is C70H118ClFN12O12. The molecular weight excluding hydrogens is 1260 g/mol. The van der Waals surface area contributed by atoms with Crippen LogP contribution in [0, 0.1) is 35.5 Å². The van der Waals surface area contributed by atoms with Gasteiger partial charge in [0.05, 0.1) is 26.1 Å². The summed E-state index contributed by atoms with van der Waals surface area (Å²) in [4.78, 5) is 186. The molecule has 24 nitrogen and oxygen atoms in total. The van der Waals surface area contributed by atoms with Crippen molar-refractivity contribution in [2.75, 3.05) is 82.1 Å². The van der Waals surface area contributed by atoms with Crippen LogP contribution in [0.3, 0.4) is 0 Å². The lowest BCUT2D eigenvalue weighted by Gasteiger charge is -2.39. The van der Waals surface area contributed by atoms with Crippen molar-refractivity contribution in [2.45, 2.75) is 256 Å². The molecule has 0 bridgehead atoms. The maximum atomic E-state index is 15.5. The van der Waals surface area contributed by atoms with Gasteiger partial charge in [-0.15, -0.1) is 11.6 Å². The van der Waals surface area contributed by atoms with Crippen LogP contribution >= 0.6 is 11.6 Å². The Hall–Kier alpha value is -6.14. The first-order chi connectivity index (χ1) is 45.2. The van der Waals surface area contributed by atoms with Crippen LogP contribution in [0.2, 0.25) is 0 Å². The van der Waals surface area contributed by atoms with E-state index < -0.39 is 157 Å². The number of likely N-dealkylation sites (tertiary alicyclic amines) is 1. The number of amides is 12. The molecule has 2 saturated heterocycles. The fraction of sp³-hybridized carbons (Fsp3) is 0.829. The second-order valence-electron chi connectivity index (χ2n) is 29.7. The predicted octanol–water partition coefficient (Wildman–Crippen LogP) is 5.26. The molecule has 3 saturated carbocycles. The first-order valence-electron chi connectivity index (χ1n) is 35.8. The Morgan fingerprint density at radius 2 is 1.04 bits per heavy atom. The minimum atomic E-state index is -1.43. The number of likely N-dealkylation sites (N-methyl/N-ethyl adjacent to an activating group) is 7. The summed E-state index contributed by atoms with van der Waals surface area (Å²) in [6, 6.07) is -9.69. The zero-order valence-corrected chi connectivity index (χ0v) is 61.0. The SMILES string of the molecule is CC[C@H](C)[C@@H]1NC(=O)[C@H](C)N(C)C(=O)C[C@@H](C(=O)N2CCCC2)NC(=O)[C@H](CC(C)C)N(C)C(=O)[C@H](CC2CCCCC2)N(C)C(=O)[C@H](CC(C)C)NC(=O)[C@H](CCC2CCC(F)CC2)NC(=O)CN(C)C(=O)[C@H](CC2CCC(Cl)CC2)N(C)C(=O)CN(C)C(=O)CN(C)C1=O. The van der Waals surface area contributed by atoms with Gasteiger partial charge in [0.25, 0.3) is 0 Å². The fourth-order valence-electron chi connectivity index (χ4n) is 14.3. The van der Waals surface area contributed by atoms with Crippen molar-refractivity contribution in [3.05, 3.63) is 0 Å². The average molecular weight is 1370 g/mol. The summed E-state index contributed by atoms with van der Waals surface area (Å²) in [5.74, 6) is -8.30.